The number of ether oxygens (including phenoxy) is 1. The van der Waals surface area contributed by atoms with E-state index in [4.69, 9.17) is 9.15 Å². The molecule has 32 heavy (non-hydrogen) atoms. The standard InChI is InChI=1S/C25H28N2O5/c1-3-19(24(28)29)18-11-13-27(14-12-18)25(30)31-15-22-16(2)32-23(26-22)21-10-6-8-17-7-4-5-9-20(17)21/h4-10,18-19H,3,11-15H2,1-2H3,(H,28,29). The summed E-state index contributed by atoms with van der Waals surface area (Å²) in [4.78, 5) is 30.2. The number of piperidine rings is 1. The number of nitrogens with zero attached hydrogens (tertiary/aromatic N) is 2. The number of carbonyl (C=O) groups excluding carboxylic acids is 1. The lowest BCUT2D eigenvalue weighted by Crippen LogP contribution is -2.41. The Morgan fingerprint density at radius 1 is 1.19 bits per heavy atom. The summed E-state index contributed by atoms with van der Waals surface area (Å²) in [5.74, 6) is 0.121. The SMILES string of the molecule is CCC(C(=O)O)C1CCN(C(=O)OCc2nc(-c3cccc4ccccc34)oc2C)CC1. The Morgan fingerprint density at radius 2 is 1.91 bits per heavy atom. The quantitative estimate of drug-likeness (QED) is 0.566. The van der Waals surface area contributed by atoms with Crippen molar-refractivity contribution in [2.75, 3.05) is 13.1 Å². The van der Waals surface area contributed by atoms with Gasteiger partial charge in [0.2, 0.25) is 5.89 Å². The van der Waals surface area contributed by atoms with Crippen LogP contribution >= 0.6 is 0 Å². The fourth-order valence-electron chi connectivity index (χ4n) is 4.50. The number of fused-ring (bicyclic) bond motifs is 1. The number of carboxylic acid groups (broad SMARTS) is 1. The largest absolute Gasteiger partial charge is 0.481 e. The van der Waals surface area contributed by atoms with E-state index in [1.54, 1.807) is 4.90 Å². The predicted octanol–water partition coefficient (Wildman–Crippen LogP) is 5.26. The van der Waals surface area contributed by atoms with Crippen molar-refractivity contribution in [3.8, 4) is 11.5 Å². The Hall–Kier alpha value is -3.35. The number of aromatic nitrogens is 1. The molecule has 0 saturated carbocycles. The first-order chi connectivity index (χ1) is 15.5. The molecule has 4 rings (SSSR count). The smallest absolute Gasteiger partial charge is 0.410 e. The summed E-state index contributed by atoms with van der Waals surface area (Å²) in [7, 11) is 0. The van der Waals surface area contributed by atoms with Gasteiger partial charge in [0.25, 0.3) is 0 Å². The highest BCUT2D eigenvalue weighted by molar-refractivity contribution is 5.94. The fourth-order valence-corrected chi connectivity index (χ4v) is 4.50. The van der Waals surface area contributed by atoms with Gasteiger partial charge in [0.05, 0.1) is 5.92 Å². The number of hydrogen-bond acceptors (Lipinski definition) is 5. The average molecular weight is 437 g/mol. The first kappa shape index (κ1) is 21.9. The van der Waals surface area contributed by atoms with E-state index in [0.717, 1.165) is 16.3 Å². The second kappa shape index (κ2) is 9.42. The maximum atomic E-state index is 12.5. The van der Waals surface area contributed by atoms with E-state index < -0.39 is 12.1 Å². The molecular formula is C25H28N2O5. The van der Waals surface area contributed by atoms with Gasteiger partial charge in [-0.25, -0.2) is 9.78 Å². The molecule has 0 aliphatic carbocycles. The highest BCUT2D eigenvalue weighted by Crippen LogP contribution is 2.30. The Morgan fingerprint density at radius 3 is 2.62 bits per heavy atom. The van der Waals surface area contributed by atoms with Crippen molar-refractivity contribution < 1.29 is 23.8 Å². The van der Waals surface area contributed by atoms with Crippen molar-refractivity contribution in [3.05, 3.63) is 53.9 Å². The van der Waals surface area contributed by atoms with Crippen LogP contribution in [0.5, 0.6) is 0 Å². The summed E-state index contributed by atoms with van der Waals surface area (Å²) in [6.07, 6.45) is 1.55. The molecule has 0 radical (unpaired) electrons. The summed E-state index contributed by atoms with van der Waals surface area (Å²) < 4.78 is 11.4. The molecule has 168 valence electrons. The first-order valence-corrected chi connectivity index (χ1v) is 11.1. The van der Waals surface area contributed by atoms with Crippen molar-refractivity contribution in [3.63, 3.8) is 0 Å². The van der Waals surface area contributed by atoms with E-state index in [1.165, 1.54) is 0 Å². The molecule has 2 aromatic carbocycles. The summed E-state index contributed by atoms with van der Waals surface area (Å²) in [6.45, 7) is 4.75. The highest BCUT2D eigenvalue weighted by Gasteiger charge is 2.32. The lowest BCUT2D eigenvalue weighted by atomic mass is 9.83. The van der Waals surface area contributed by atoms with Gasteiger partial charge in [-0.3, -0.25) is 4.79 Å². The molecule has 1 N–H and O–H groups in total. The van der Waals surface area contributed by atoms with Crippen LogP contribution in [0.1, 0.15) is 37.6 Å². The van der Waals surface area contributed by atoms with Crippen LogP contribution in [0.2, 0.25) is 0 Å². The number of aryl methyl sites for hydroxylation is 1. The number of aliphatic carboxylic acids is 1. The molecular weight excluding hydrogens is 408 g/mol. The number of oxazole rings is 1. The molecule has 0 spiro atoms. The number of benzene rings is 2. The third-order valence-corrected chi connectivity index (χ3v) is 6.37. The van der Waals surface area contributed by atoms with E-state index in [0.29, 0.717) is 49.7 Å². The Labute approximate surface area is 187 Å². The molecule has 1 fully saturated rings. The molecule has 7 nitrogen and oxygen atoms in total. The Kier molecular flexibility index (Phi) is 6.44. The van der Waals surface area contributed by atoms with Crippen LogP contribution in [0.25, 0.3) is 22.2 Å². The predicted molar refractivity (Wildman–Crippen MR) is 120 cm³/mol. The molecule has 1 amide bonds. The van der Waals surface area contributed by atoms with E-state index in [9.17, 15) is 14.7 Å². The van der Waals surface area contributed by atoms with Gasteiger partial charge in [-0.1, -0.05) is 43.3 Å². The van der Waals surface area contributed by atoms with Gasteiger partial charge in [-0.15, -0.1) is 0 Å². The van der Waals surface area contributed by atoms with Crippen molar-refractivity contribution in [1.29, 1.82) is 0 Å². The molecule has 1 aliphatic rings. The van der Waals surface area contributed by atoms with E-state index in [-0.39, 0.29) is 18.4 Å². The summed E-state index contributed by atoms with van der Waals surface area (Å²) in [6, 6.07) is 14.0. The van der Waals surface area contributed by atoms with Crippen LogP contribution in [0.3, 0.4) is 0 Å². The summed E-state index contributed by atoms with van der Waals surface area (Å²) in [5, 5.41) is 11.5. The van der Waals surface area contributed by atoms with Gasteiger partial charge < -0.3 is 19.2 Å². The number of carboxylic acids is 1. The van der Waals surface area contributed by atoms with Gasteiger partial charge in [0.15, 0.2) is 0 Å². The van der Waals surface area contributed by atoms with Crippen LogP contribution < -0.4 is 0 Å². The molecule has 1 unspecified atom stereocenters. The zero-order valence-electron chi connectivity index (χ0n) is 18.4. The molecule has 7 heteroatoms. The topological polar surface area (TPSA) is 92.9 Å². The van der Waals surface area contributed by atoms with Crippen molar-refractivity contribution in [2.45, 2.75) is 39.7 Å². The van der Waals surface area contributed by atoms with Gasteiger partial charge >= 0.3 is 12.1 Å². The molecule has 1 aliphatic heterocycles. The second-order valence-corrected chi connectivity index (χ2v) is 8.28. The normalized spacial score (nSPS) is 15.6. The number of carbonyl (C=O) groups is 2. The van der Waals surface area contributed by atoms with Crippen LogP contribution in [-0.4, -0.2) is 40.1 Å². The average Bonchev–Trinajstić information content (AvgIpc) is 3.18. The maximum absolute atomic E-state index is 12.5. The Bertz CT molecular complexity index is 1110. The van der Waals surface area contributed by atoms with Crippen molar-refractivity contribution in [2.24, 2.45) is 11.8 Å². The van der Waals surface area contributed by atoms with Gasteiger partial charge in [0, 0.05) is 18.7 Å². The molecule has 1 aromatic heterocycles. The van der Waals surface area contributed by atoms with Crippen LogP contribution in [0.15, 0.2) is 46.9 Å². The van der Waals surface area contributed by atoms with Crippen LogP contribution in [-0.2, 0) is 16.1 Å². The van der Waals surface area contributed by atoms with Crippen molar-refractivity contribution >= 4 is 22.8 Å². The van der Waals surface area contributed by atoms with Gasteiger partial charge in [-0.05, 0) is 48.9 Å². The summed E-state index contributed by atoms with van der Waals surface area (Å²) >= 11 is 0. The minimum Gasteiger partial charge on any atom is -0.481 e. The highest BCUT2D eigenvalue weighted by atomic mass is 16.6. The van der Waals surface area contributed by atoms with E-state index in [2.05, 4.69) is 4.98 Å². The Balaban J connectivity index is 1.38. The molecule has 0 bridgehead atoms. The van der Waals surface area contributed by atoms with Gasteiger partial charge in [-0.2, -0.15) is 0 Å². The summed E-state index contributed by atoms with van der Waals surface area (Å²) in [5.41, 5.74) is 1.49. The lowest BCUT2D eigenvalue weighted by molar-refractivity contribution is -0.144. The first-order valence-electron chi connectivity index (χ1n) is 11.1. The minimum atomic E-state index is -0.753. The maximum Gasteiger partial charge on any atom is 0.410 e. The van der Waals surface area contributed by atoms with E-state index >= 15 is 0 Å². The number of likely N-dealkylation sites (tertiary alicyclic amines) is 1. The lowest BCUT2D eigenvalue weighted by Gasteiger charge is -2.33. The zero-order valence-corrected chi connectivity index (χ0v) is 18.4. The second-order valence-electron chi connectivity index (χ2n) is 8.28. The molecule has 1 atom stereocenters. The number of hydrogen-bond donors (Lipinski definition) is 1. The third kappa shape index (κ3) is 4.47. The molecule has 3 aromatic rings. The number of rotatable bonds is 6. The molecule has 1 saturated heterocycles. The molecule has 2 heterocycles. The monoisotopic (exact) mass is 436 g/mol. The zero-order chi connectivity index (χ0) is 22.7. The minimum absolute atomic E-state index is 0.0333. The number of amides is 1. The third-order valence-electron chi connectivity index (χ3n) is 6.37. The van der Waals surface area contributed by atoms with Crippen LogP contribution in [0, 0.1) is 18.8 Å². The fraction of sp³-hybridized carbons (Fsp3) is 0.400. The van der Waals surface area contributed by atoms with Crippen molar-refractivity contribution in [1.82, 2.24) is 9.88 Å². The van der Waals surface area contributed by atoms with E-state index in [1.807, 2.05) is 56.3 Å². The van der Waals surface area contributed by atoms with Gasteiger partial charge in [0.1, 0.15) is 18.1 Å². The van der Waals surface area contributed by atoms with Crippen LogP contribution in [0.4, 0.5) is 4.79 Å².